The van der Waals surface area contributed by atoms with Gasteiger partial charge in [0.15, 0.2) is 0 Å². The van der Waals surface area contributed by atoms with E-state index in [2.05, 4.69) is 19.9 Å². The average molecular weight is 302 g/mol. The standard InChI is InChI=1S/C20H30O2/c1-18(22)10-11-19(2)13(12-18)4-5-14-15-6-7-17(21)20(15,3)9-8-16(14)19/h4,14-16,22H,5-12H2,1-3H3/t14-,15-,16-,18?,19-,20-/m0/s1. The van der Waals surface area contributed by atoms with E-state index in [0.29, 0.717) is 17.6 Å². The lowest BCUT2D eigenvalue weighted by Gasteiger charge is -2.57. The van der Waals surface area contributed by atoms with Gasteiger partial charge in [-0.3, -0.25) is 4.79 Å². The molecule has 3 fully saturated rings. The third kappa shape index (κ3) is 1.85. The third-order valence-corrected chi connectivity index (χ3v) is 8.09. The first kappa shape index (κ1) is 14.9. The van der Waals surface area contributed by atoms with Gasteiger partial charge in [-0.05, 0) is 75.0 Å². The molecule has 6 atom stereocenters. The van der Waals surface area contributed by atoms with Crippen molar-refractivity contribution >= 4 is 5.78 Å². The molecule has 2 heteroatoms. The summed E-state index contributed by atoms with van der Waals surface area (Å²) in [4.78, 5) is 12.4. The minimum atomic E-state index is -0.509. The fourth-order valence-corrected chi connectivity index (χ4v) is 6.58. The Bertz CT molecular complexity index is 546. The summed E-state index contributed by atoms with van der Waals surface area (Å²) in [5.41, 5.74) is 1.25. The summed E-state index contributed by atoms with van der Waals surface area (Å²) < 4.78 is 0. The van der Waals surface area contributed by atoms with Gasteiger partial charge in [0.05, 0.1) is 5.60 Å². The summed E-state index contributed by atoms with van der Waals surface area (Å²) >= 11 is 0. The van der Waals surface area contributed by atoms with Crippen LogP contribution in [0.25, 0.3) is 0 Å². The van der Waals surface area contributed by atoms with Crippen molar-refractivity contribution in [1.82, 2.24) is 0 Å². The van der Waals surface area contributed by atoms with Gasteiger partial charge in [-0.1, -0.05) is 25.5 Å². The van der Waals surface area contributed by atoms with Crippen molar-refractivity contribution in [2.24, 2.45) is 28.6 Å². The third-order valence-electron chi connectivity index (χ3n) is 8.09. The number of hydrogen-bond acceptors (Lipinski definition) is 2. The summed E-state index contributed by atoms with van der Waals surface area (Å²) in [6.07, 6.45) is 10.7. The largest absolute Gasteiger partial charge is 0.390 e. The summed E-state index contributed by atoms with van der Waals surface area (Å²) in [6.45, 7) is 6.69. The molecule has 4 aliphatic carbocycles. The average Bonchev–Trinajstić information content (AvgIpc) is 2.76. The fourth-order valence-electron chi connectivity index (χ4n) is 6.58. The van der Waals surface area contributed by atoms with Gasteiger partial charge in [-0.25, -0.2) is 0 Å². The van der Waals surface area contributed by atoms with Gasteiger partial charge >= 0.3 is 0 Å². The molecule has 4 rings (SSSR count). The summed E-state index contributed by atoms with van der Waals surface area (Å²) in [7, 11) is 0. The highest BCUT2D eigenvalue weighted by molar-refractivity contribution is 5.87. The molecule has 0 aromatic heterocycles. The van der Waals surface area contributed by atoms with Crippen molar-refractivity contribution in [2.45, 2.75) is 77.7 Å². The highest BCUT2D eigenvalue weighted by atomic mass is 16.3. The molecule has 0 aromatic rings. The first-order chi connectivity index (χ1) is 10.3. The van der Waals surface area contributed by atoms with E-state index >= 15 is 0 Å². The minimum Gasteiger partial charge on any atom is -0.390 e. The number of fused-ring (bicyclic) bond motifs is 5. The number of hydrogen-bond donors (Lipinski definition) is 1. The van der Waals surface area contributed by atoms with Crippen LogP contribution in [0.15, 0.2) is 11.6 Å². The van der Waals surface area contributed by atoms with Crippen LogP contribution in [0.2, 0.25) is 0 Å². The van der Waals surface area contributed by atoms with Crippen molar-refractivity contribution in [1.29, 1.82) is 0 Å². The van der Waals surface area contributed by atoms with E-state index in [9.17, 15) is 9.90 Å². The minimum absolute atomic E-state index is 0.0248. The van der Waals surface area contributed by atoms with Gasteiger partial charge in [-0.2, -0.15) is 0 Å². The number of rotatable bonds is 0. The van der Waals surface area contributed by atoms with Gasteiger partial charge in [-0.15, -0.1) is 0 Å². The van der Waals surface area contributed by atoms with E-state index in [0.717, 1.165) is 50.9 Å². The maximum Gasteiger partial charge on any atom is 0.139 e. The summed E-state index contributed by atoms with van der Waals surface area (Å²) in [6, 6.07) is 0. The first-order valence-corrected chi connectivity index (χ1v) is 9.21. The molecule has 0 aliphatic heterocycles. The van der Waals surface area contributed by atoms with Gasteiger partial charge in [0.1, 0.15) is 5.78 Å². The first-order valence-electron chi connectivity index (χ1n) is 9.21. The van der Waals surface area contributed by atoms with Crippen molar-refractivity contribution in [3.63, 3.8) is 0 Å². The molecule has 0 radical (unpaired) electrons. The van der Waals surface area contributed by atoms with Gasteiger partial charge in [0.2, 0.25) is 0 Å². The quantitative estimate of drug-likeness (QED) is 0.679. The molecule has 1 unspecified atom stereocenters. The molecule has 0 heterocycles. The van der Waals surface area contributed by atoms with E-state index in [1.807, 2.05) is 6.92 Å². The molecule has 0 spiro atoms. The van der Waals surface area contributed by atoms with Crippen LogP contribution < -0.4 is 0 Å². The molecular weight excluding hydrogens is 272 g/mol. The van der Waals surface area contributed by atoms with Crippen LogP contribution in [-0.4, -0.2) is 16.5 Å². The molecule has 22 heavy (non-hydrogen) atoms. The molecule has 0 amide bonds. The summed E-state index contributed by atoms with van der Waals surface area (Å²) in [5.74, 6) is 2.56. The number of carbonyl (C=O) groups excluding carboxylic acids is 1. The molecule has 2 nitrogen and oxygen atoms in total. The van der Waals surface area contributed by atoms with E-state index in [1.165, 1.54) is 12.0 Å². The second-order valence-corrected chi connectivity index (χ2v) is 9.35. The maximum absolute atomic E-state index is 12.4. The second kappa shape index (κ2) is 4.47. The molecular formula is C20H30O2. The number of carbonyl (C=O) groups is 1. The van der Waals surface area contributed by atoms with Crippen LogP contribution in [0.1, 0.15) is 72.1 Å². The smallest absolute Gasteiger partial charge is 0.139 e. The Morgan fingerprint density at radius 1 is 1.05 bits per heavy atom. The Hall–Kier alpha value is -0.630. The number of aliphatic hydroxyl groups is 1. The Balaban J connectivity index is 1.69. The normalized spacial score (nSPS) is 54.3. The second-order valence-electron chi connectivity index (χ2n) is 9.35. The molecule has 3 saturated carbocycles. The van der Waals surface area contributed by atoms with Gasteiger partial charge in [0.25, 0.3) is 0 Å². The topological polar surface area (TPSA) is 37.3 Å². The monoisotopic (exact) mass is 302 g/mol. The Morgan fingerprint density at radius 2 is 1.77 bits per heavy atom. The lowest BCUT2D eigenvalue weighted by Crippen LogP contribution is -2.51. The van der Waals surface area contributed by atoms with E-state index in [4.69, 9.17) is 0 Å². The lowest BCUT2D eigenvalue weighted by atomic mass is 9.47. The fraction of sp³-hybridized carbons (Fsp3) is 0.850. The highest BCUT2D eigenvalue weighted by Gasteiger charge is 2.59. The number of Topliss-reactive ketones (excluding diaryl/α,β-unsaturated/α-hetero) is 1. The van der Waals surface area contributed by atoms with Crippen molar-refractivity contribution in [3.8, 4) is 0 Å². The Labute approximate surface area is 134 Å². The van der Waals surface area contributed by atoms with Crippen LogP contribution >= 0.6 is 0 Å². The van der Waals surface area contributed by atoms with E-state index in [-0.39, 0.29) is 10.8 Å². The van der Waals surface area contributed by atoms with Crippen LogP contribution in [0.5, 0.6) is 0 Å². The van der Waals surface area contributed by atoms with Crippen molar-refractivity contribution in [3.05, 3.63) is 11.6 Å². The van der Waals surface area contributed by atoms with E-state index in [1.54, 1.807) is 0 Å². The highest BCUT2D eigenvalue weighted by Crippen LogP contribution is 2.64. The molecule has 0 saturated heterocycles. The summed E-state index contributed by atoms with van der Waals surface area (Å²) in [5, 5.41) is 10.5. The molecule has 122 valence electrons. The zero-order valence-electron chi connectivity index (χ0n) is 14.3. The zero-order valence-corrected chi connectivity index (χ0v) is 14.3. The zero-order chi connectivity index (χ0) is 15.8. The predicted molar refractivity (Wildman–Crippen MR) is 87.3 cm³/mol. The van der Waals surface area contributed by atoms with Gasteiger partial charge in [0, 0.05) is 11.8 Å². The Morgan fingerprint density at radius 3 is 2.55 bits per heavy atom. The lowest BCUT2D eigenvalue weighted by molar-refractivity contribution is -0.132. The van der Waals surface area contributed by atoms with Crippen LogP contribution in [-0.2, 0) is 4.79 Å². The molecule has 0 bridgehead atoms. The van der Waals surface area contributed by atoms with Crippen LogP contribution in [0.4, 0.5) is 0 Å². The van der Waals surface area contributed by atoms with Crippen LogP contribution in [0.3, 0.4) is 0 Å². The molecule has 4 aliphatic rings. The van der Waals surface area contributed by atoms with Crippen molar-refractivity contribution < 1.29 is 9.90 Å². The maximum atomic E-state index is 12.4. The van der Waals surface area contributed by atoms with Crippen LogP contribution in [0, 0.1) is 28.6 Å². The predicted octanol–water partition coefficient (Wildman–Crippen LogP) is 4.27. The van der Waals surface area contributed by atoms with Gasteiger partial charge < -0.3 is 5.11 Å². The number of allylic oxidation sites excluding steroid dienone is 1. The van der Waals surface area contributed by atoms with Crippen molar-refractivity contribution in [2.75, 3.05) is 0 Å². The molecule has 1 N–H and O–H groups in total. The number of ketones is 1. The van der Waals surface area contributed by atoms with E-state index < -0.39 is 5.60 Å². The molecule has 0 aromatic carbocycles. The SMILES string of the molecule is CC1(O)CC[C@@]2(C)C(=CC[C@@H]3[C@@H]2CC[C@]2(C)C(=O)CC[C@@H]32)C1. The Kier molecular flexibility index (Phi) is 3.03.